The quantitative estimate of drug-likeness (QED) is 0.654. The molecule has 22 heavy (non-hydrogen) atoms. The van der Waals surface area contributed by atoms with Gasteiger partial charge in [-0.05, 0) is 59.1 Å². The van der Waals surface area contributed by atoms with Crippen molar-refractivity contribution >= 4 is 23.4 Å². The summed E-state index contributed by atoms with van der Waals surface area (Å²) >= 11 is 1.10. The molecule has 0 aliphatic heterocycles. The van der Waals surface area contributed by atoms with Crippen molar-refractivity contribution in [3.63, 3.8) is 0 Å². The maximum Gasteiger partial charge on any atom is 0.255 e. The number of nitrogens with one attached hydrogen (secondary N) is 1. The van der Waals surface area contributed by atoms with Crippen molar-refractivity contribution in [2.75, 3.05) is 5.32 Å². The summed E-state index contributed by atoms with van der Waals surface area (Å²) in [7, 11) is 0. The highest BCUT2D eigenvalue weighted by atomic mass is 32.2. The molecule has 3 nitrogen and oxygen atoms in total. The summed E-state index contributed by atoms with van der Waals surface area (Å²) in [5, 5.41) is 13.5. The Morgan fingerprint density at radius 2 is 1.64 bits per heavy atom. The number of benzene rings is 2. The molecule has 0 saturated carbocycles. The molecule has 0 heterocycles. The number of hydrogen-bond acceptors (Lipinski definition) is 3. The van der Waals surface area contributed by atoms with E-state index in [0.717, 1.165) is 16.7 Å². The monoisotopic (exact) mass is 310 g/mol. The normalized spacial score (nSPS) is 10.8. The van der Waals surface area contributed by atoms with Gasteiger partial charge in [-0.25, -0.2) is 0 Å². The van der Waals surface area contributed by atoms with Crippen molar-refractivity contribution in [3.05, 3.63) is 59.7 Å². The zero-order valence-electron chi connectivity index (χ0n) is 12.9. The van der Waals surface area contributed by atoms with E-state index in [1.165, 1.54) is 5.56 Å². The van der Waals surface area contributed by atoms with Gasteiger partial charge in [-0.2, -0.15) is 5.26 Å². The van der Waals surface area contributed by atoms with Crippen LogP contribution in [0.1, 0.15) is 36.7 Å². The second-order valence-corrected chi connectivity index (χ2v) is 6.86. The summed E-state index contributed by atoms with van der Waals surface area (Å²) in [5.74, 6) is -0.138. The van der Waals surface area contributed by atoms with Crippen LogP contribution in [0.3, 0.4) is 0 Å². The first-order valence-electron chi connectivity index (χ1n) is 6.98. The smallest absolute Gasteiger partial charge is 0.255 e. The van der Waals surface area contributed by atoms with Gasteiger partial charge in [0.25, 0.3) is 5.91 Å². The van der Waals surface area contributed by atoms with Crippen LogP contribution in [0.4, 0.5) is 5.69 Å². The molecule has 2 aromatic carbocycles. The van der Waals surface area contributed by atoms with Gasteiger partial charge >= 0.3 is 0 Å². The number of thioether (sulfide) groups is 1. The number of rotatable bonds is 3. The molecular formula is C18H18N2OS. The standard InChI is InChI=1S/C18H18N2OS/c1-18(2,3)14-6-4-13(5-7-14)17(21)20-15-8-10-16(11-9-15)22-12-19/h4-11H,1-3H3,(H,20,21). The first kappa shape index (κ1) is 16.1. The van der Waals surface area contributed by atoms with E-state index in [4.69, 9.17) is 5.26 Å². The highest BCUT2D eigenvalue weighted by molar-refractivity contribution is 8.03. The first-order valence-corrected chi connectivity index (χ1v) is 7.80. The number of carbonyl (C=O) groups excluding carboxylic acids is 1. The van der Waals surface area contributed by atoms with Crippen LogP contribution in [-0.4, -0.2) is 5.91 Å². The van der Waals surface area contributed by atoms with E-state index in [-0.39, 0.29) is 11.3 Å². The van der Waals surface area contributed by atoms with Gasteiger partial charge in [0.15, 0.2) is 0 Å². The van der Waals surface area contributed by atoms with E-state index in [0.29, 0.717) is 11.3 Å². The van der Waals surface area contributed by atoms with Crippen LogP contribution in [0.15, 0.2) is 53.4 Å². The molecular weight excluding hydrogens is 292 g/mol. The van der Waals surface area contributed by atoms with Crippen molar-refractivity contribution in [1.82, 2.24) is 0 Å². The number of nitriles is 1. The molecule has 1 N–H and O–H groups in total. The SMILES string of the molecule is CC(C)(C)c1ccc(C(=O)Nc2ccc(SC#N)cc2)cc1. The molecule has 0 fully saturated rings. The van der Waals surface area contributed by atoms with Gasteiger partial charge in [-0.15, -0.1) is 0 Å². The molecule has 0 aliphatic rings. The largest absolute Gasteiger partial charge is 0.322 e. The lowest BCUT2D eigenvalue weighted by Gasteiger charge is -2.19. The van der Waals surface area contributed by atoms with Gasteiger partial charge in [-0.3, -0.25) is 4.79 Å². The molecule has 0 saturated heterocycles. The summed E-state index contributed by atoms with van der Waals surface area (Å²) in [4.78, 5) is 13.1. The summed E-state index contributed by atoms with van der Waals surface area (Å²) in [6.07, 6.45) is 0. The highest BCUT2D eigenvalue weighted by Gasteiger charge is 2.14. The van der Waals surface area contributed by atoms with Crippen LogP contribution in [0.25, 0.3) is 0 Å². The molecule has 0 radical (unpaired) electrons. The first-order chi connectivity index (χ1) is 10.4. The fourth-order valence-electron chi connectivity index (χ4n) is 1.98. The second kappa shape index (κ2) is 6.67. The Hall–Kier alpha value is -2.25. The Morgan fingerprint density at radius 1 is 1.05 bits per heavy atom. The topological polar surface area (TPSA) is 52.9 Å². The lowest BCUT2D eigenvalue weighted by molar-refractivity contribution is 0.102. The van der Waals surface area contributed by atoms with Crippen LogP contribution in [-0.2, 0) is 5.41 Å². The third-order valence-electron chi connectivity index (χ3n) is 3.29. The third-order valence-corrected chi connectivity index (χ3v) is 3.89. The predicted octanol–water partition coefficient (Wildman–Crippen LogP) is 4.81. The number of nitrogens with zero attached hydrogens (tertiary/aromatic N) is 1. The maximum atomic E-state index is 12.2. The minimum Gasteiger partial charge on any atom is -0.322 e. The Morgan fingerprint density at radius 3 is 2.14 bits per heavy atom. The van der Waals surface area contributed by atoms with Crippen LogP contribution in [0, 0.1) is 10.7 Å². The summed E-state index contributed by atoms with van der Waals surface area (Å²) in [6, 6.07) is 14.9. The lowest BCUT2D eigenvalue weighted by atomic mass is 9.87. The molecule has 4 heteroatoms. The van der Waals surface area contributed by atoms with Crippen molar-refractivity contribution in [1.29, 1.82) is 5.26 Å². The van der Waals surface area contributed by atoms with Gasteiger partial charge < -0.3 is 5.32 Å². The molecule has 0 unspecified atom stereocenters. The van der Waals surface area contributed by atoms with E-state index in [9.17, 15) is 4.79 Å². The third kappa shape index (κ3) is 4.12. The van der Waals surface area contributed by atoms with E-state index in [2.05, 4.69) is 26.1 Å². The number of thiocyanates is 1. The Balaban J connectivity index is 2.07. The van der Waals surface area contributed by atoms with E-state index < -0.39 is 0 Å². The van der Waals surface area contributed by atoms with Crippen molar-refractivity contribution < 1.29 is 4.79 Å². The summed E-state index contributed by atoms with van der Waals surface area (Å²) < 4.78 is 0. The number of hydrogen-bond donors (Lipinski definition) is 1. The fraction of sp³-hybridized carbons (Fsp3) is 0.222. The average Bonchev–Trinajstić information content (AvgIpc) is 2.49. The van der Waals surface area contributed by atoms with Gasteiger partial charge in [0.1, 0.15) is 5.40 Å². The van der Waals surface area contributed by atoms with Crippen LogP contribution >= 0.6 is 11.8 Å². The molecule has 0 aliphatic carbocycles. The van der Waals surface area contributed by atoms with Crippen molar-refractivity contribution in [2.45, 2.75) is 31.1 Å². The number of anilines is 1. The molecule has 0 atom stereocenters. The Labute approximate surface area is 135 Å². The molecule has 0 aromatic heterocycles. The number of amides is 1. The zero-order chi connectivity index (χ0) is 16.2. The summed E-state index contributed by atoms with van der Waals surface area (Å²) in [5.41, 5.74) is 2.61. The predicted molar refractivity (Wildman–Crippen MR) is 91.0 cm³/mol. The van der Waals surface area contributed by atoms with E-state index in [1.807, 2.05) is 41.8 Å². The number of carbonyl (C=O) groups is 1. The molecule has 1 amide bonds. The van der Waals surface area contributed by atoms with E-state index >= 15 is 0 Å². The summed E-state index contributed by atoms with van der Waals surface area (Å²) in [6.45, 7) is 6.43. The van der Waals surface area contributed by atoms with Gasteiger partial charge in [-0.1, -0.05) is 32.9 Å². The Bertz CT molecular complexity index is 692. The van der Waals surface area contributed by atoms with Gasteiger partial charge in [0.05, 0.1) is 0 Å². The highest BCUT2D eigenvalue weighted by Crippen LogP contribution is 2.23. The van der Waals surface area contributed by atoms with Crippen molar-refractivity contribution in [3.8, 4) is 5.40 Å². The van der Waals surface area contributed by atoms with E-state index in [1.54, 1.807) is 12.1 Å². The molecule has 112 valence electrons. The minimum absolute atomic E-state index is 0.0727. The zero-order valence-corrected chi connectivity index (χ0v) is 13.7. The second-order valence-electron chi connectivity index (χ2n) is 6.00. The van der Waals surface area contributed by atoms with Gasteiger partial charge in [0, 0.05) is 16.1 Å². The molecule has 0 spiro atoms. The molecule has 2 rings (SSSR count). The lowest BCUT2D eigenvalue weighted by Crippen LogP contribution is -2.14. The fourth-order valence-corrected chi connectivity index (χ4v) is 2.36. The maximum absolute atomic E-state index is 12.2. The van der Waals surface area contributed by atoms with Crippen LogP contribution < -0.4 is 5.32 Å². The van der Waals surface area contributed by atoms with Crippen LogP contribution in [0.5, 0.6) is 0 Å². The van der Waals surface area contributed by atoms with Gasteiger partial charge in [0.2, 0.25) is 0 Å². The minimum atomic E-state index is -0.138. The Kier molecular flexibility index (Phi) is 4.89. The molecule has 2 aromatic rings. The van der Waals surface area contributed by atoms with Crippen LogP contribution in [0.2, 0.25) is 0 Å². The molecule has 0 bridgehead atoms. The average molecular weight is 310 g/mol. The van der Waals surface area contributed by atoms with Crippen molar-refractivity contribution in [2.24, 2.45) is 0 Å².